The van der Waals surface area contributed by atoms with Crippen LogP contribution >= 0.6 is 11.3 Å². The molecular formula is C16H18N4O3S. The fourth-order valence-electron chi connectivity index (χ4n) is 2.44. The smallest absolute Gasteiger partial charge is 0.348 e. The van der Waals surface area contributed by atoms with Gasteiger partial charge in [0.2, 0.25) is 5.95 Å². The lowest BCUT2D eigenvalue weighted by molar-refractivity contribution is -0.134. The van der Waals surface area contributed by atoms with Gasteiger partial charge in [0, 0.05) is 43.4 Å². The second-order valence-electron chi connectivity index (χ2n) is 5.40. The monoisotopic (exact) mass is 346 g/mol. The summed E-state index contributed by atoms with van der Waals surface area (Å²) in [6.45, 7) is 4.14. The fraction of sp³-hybridized carbons (Fsp3) is 0.375. The van der Waals surface area contributed by atoms with E-state index in [9.17, 15) is 9.59 Å². The first-order valence-corrected chi connectivity index (χ1v) is 8.48. The third kappa shape index (κ3) is 3.88. The summed E-state index contributed by atoms with van der Waals surface area (Å²) in [7, 11) is 0. The summed E-state index contributed by atoms with van der Waals surface area (Å²) in [5.41, 5.74) is 0. The normalized spacial score (nSPS) is 14.5. The van der Waals surface area contributed by atoms with E-state index in [1.807, 2.05) is 17.9 Å². The molecule has 3 heterocycles. The summed E-state index contributed by atoms with van der Waals surface area (Å²) in [4.78, 5) is 37.8. The second-order valence-corrected chi connectivity index (χ2v) is 6.69. The van der Waals surface area contributed by atoms with Crippen molar-refractivity contribution in [3.05, 3.63) is 40.3 Å². The molecule has 24 heavy (non-hydrogen) atoms. The number of ether oxygens (including phenoxy) is 1. The molecule has 1 amide bonds. The average molecular weight is 346 g/mol. The molecule has 0 atom stereocenters. The third-order valence-electron chi connectivity index (χ3n) is 3.74. The molecule has 2 aromatic rings. The number of piperazine rings is 1. The number of hydrogen-bond donors (Lipinski definition) is 0. The quantitative estimate of drug-likeness (QED) is 0.778. The molecule has 0 spiro atoms. The minimum absolute atomic E-state index is 0.176. The summed E-state index contributed by atoms with van der Waals surface area (Å²) in [6, 6.07) is 5.34. The molecule has 1 fully saturated rings. The highest BCUT2D eigenvalue weighted by Gasteiger charge is 2.23. The Morgan fingerprint density at radius 2 is 1.88 bits per heavy atom. The first kappa shape index (κ1) is 16.4. The SMILES string of the molecule is Cc1ccc(C(=O)OCC(=O)N2CCN(c3ncccn3)CC2)s1. The van der Waals surface area contributed by atoms with E-state index in [-0.39, 0.29) is 12.5 Å². The first-order valence-electron chi connectivity index (χ1n) is 7.67. The molecule has 1 aliphatic rings. The van der Waals surface area contributed by atoms with Gasteiger partial charge in [-0.1, -0.05) is 0 Å². The van der Waals surface area contributed by atoms with Crippen LogP contribution in [0.2, 0.25) is 0 Å². The van der Waals surface area contributed by atoms with Crippen LogP contribution in [0.5, 0.6) is 0 Å². The number of carbonyl (C=O) groups is 2. The summed E-state index contributed by atoms with van der Waals surface area (Å²) < 4.78 is 5.11. The van der Waals surface area contributed by atoms with Crippen LogP contribution in [-0.4, -0.2) is 59.5 Å². The Morgan fingerprint density at radius 3 is 2.50 bits per heavy atom. The standard InChI is InChI=1S/C16H18N4O3S/c1-12-3-4-13(24-12)15(22)23-11-14(21)19-7-9-20(10-8-19)16-17-5-2-6-18-16/h2-6H,7-11H2,1H3. The number of nitrogens with zero attached hydrogens (tertiary/aromatic N) is 4. The van der Waals surface area contributed by atoms with Crippen LogP contribution in [0, 0.1) is 6.92 Å². The Labute approximate surface area is 143 Å². The Bertz CT molecular complexity index is 711. The number of aryl methyl sites for hydroxylation is 1. The number of amides is 1. The van der Waals surface area contributed by atoms with Gasteiger partial charge in [-0.3, -0.25) is 4.79 Å². The van der Waals surface area contributed by atoms with Gasteiger partial charge in [0.05, 0.1) is 0 Å². The third-order valence-corrected chi connectivity index (χ3v) is 4.72. The maximum Gasteiger partial charge on any atom is 0.348 e. The van der Waals surface area contributed by atoms with E-state index in [0.29, 0.717) is 37.0 Å². The van der Waals surface area contributed by atoms with Crippen molar-refractivity contribution in [2.75, 3.05) is 37.7 Å². The van der Waals surface area contributed by atoms with Gasteiger partial charge in [-0.25, -0.2) is 14.8 Å². The predicted molar refractivity (Wildman–Crippen MR) is 90.2 cm³/mol. The van der Waals surface area contributed by atoms with Crippen LogP contribution in [-0.2, 0) is 9.53 Å². The zero-order valence-electron chi connectivity index (χ0n) is 13.3. The Hall–Kier alpha value is -2.48. The molecule has 8 heteroatoms. The topological polar surface area (TPSA) is 75.6 Å². The van der Waals surface area contributed by atoms with E-state index in [1.165, 1.54) is 11.3 Å². The van der Waals surface area contributed by atoms with Crippen LogP contribution in [0.3, 0.4) is 0 Å². The minimum Gasteiger partial charge on any atom is -0.451 e. The van der Waals surface area contributed by atoms with Crippen molar-refractivity contribution in [1.82, 2.24) is 14.9 Å². The van der Waals surface area contributed by atoms with Gasteiger partial charge in [0.1, 0.15) is 4.88 Å². The van der Waals surface area contributed by atoms with Crippen molar-refractivity contribution in [3.8, 4) is 0 Å². The average Bonchev–Trinajstić information content (AvgIpc) is 3.07. The molecule has 0 bridgehead atoms. The van der Waals surface area contributed by atoms with Crippen molar-refractivity contribution >= 4 is 29.2 Å². The van der Waals surface area contributed by atoms with Gasteiger partial charge in [-0.2, -0.15) is 0 Å². The number of hydrogen-bond acceptors (Lipinski definition) is 7. The number of thiophene rings is 1. The van der Waals surface area contributed by atoms with Gasteiger partial charge in [0.25, 0.3) is 5.91 Å². The number of esters is 1. The number of aromatic nitrogens is 2. The maximum atomic E-state index is 12.2. The zero-order valence-corrected chi connectivity index (χ0v) is 14.2. The van der Waals surface area contributed by atoms with Crippen LogP contribution < -0.4 is 4.90 Å². The van der Waals surface area contributed by atoms with Gasteiger partial charge in [-0.15, -0.1) is 11.3 Å². The molecule has 2 aromatic heterocycles. The molecular weight excluding hydrogens is 328 g/mol. The second kappa shape index (κ2) is 7.39. The molecule has 3 rings (SSSR count). The molecule has 1 saturated heterocycles. The summed E-state index contributed by atoms with van der Waals surface area (Å²) in [6.07, 6.45) is 3.40. The molecule has 126 valence electrons. The Morgan fingerprint density at radius 1 is 1.17 bits per heavy atom. The van der Waals surface area contributed by atoms with E-state index < -0.39 is 5.97 Å². The minimum atomic E-state index is -0.447. The largest absolute Gasteiger partial charge is 0.451 e. The molecule has 0 radical (unpaired) electrons. The van der Waals surface area contributed by atoms with Gasteiger partial charge < -0.3 is 14.5 Å². The van der Waals surface area contributed by atoms with Crippen molar-refractivity contribution in [3.63, 3.8) is 0 Å². The predicted octanol–water partition coefficient (Wildman–Crippen LogP) is 1.35. The number of anilines is 1. The van der Waals surface area contributed by atoms with Crippen LogP contribution in [0.1, 0.15) is 14.5 Å². The fourth-order valence-corrected chi connectivity index (χ4v) is 3.21. The van der Waals surface area contributed by atoms with Crippen molar-refractivity contribution < 1.29 is 14.3 Å². The van der Waals surface area contributed by atoms with Gasteiger partial charge in [0.15, 0.2) is 6.61 Å². The summed E-state index contributed by atoms with van der Waals surface area (Å²) in [5, 5.41) is 0. The lowest BCUT2D eigenvalue weighted by atomic mass is 10.3. The van der Waals surface area contributed by atoms with E-state index in [4.69, 9.17) is 4.74 Å². The Balaban J connectivity index is 1.46. The Kier molecular flexibility index (Phi) is 5.05. The molecule has 0 unspecified atom stereocenters. The van der Waals surface area contributed by atoms with Crippen molar-refractivity contribution in [1.29, 1.82) is 0 Å². The maximum absolute atomic E-state index is 12.2. The lowest BCUT2D eigenvalue weighted by Crippen LogP contribution is -2.50. The van der Waals surface area contributed by atoms with E-state index in [0.717, 1.165) is 4.88 Å². The molecule has 1 aliphatic heterocycles. The van der Waals surface area contributed by atoms with Crippen LogP contribution in [0.15, 0.2) is 30.6 Å². The highest BCUT2D eigenvalue weighted by atomic mass is 32.1. The number of carbonyl (C=O) groups excluding carboxylic acids is 2. The van der Waals surface area contributed by atoms with Crippen molar-refractivity contribution in [2.45, 2.75) is 6.92 Å². The molecule has 7 nitrogen and oxygen atoms in total. The van der Waals surface area contributed by atoms with Crippen LogP contribution in [0.4, 0.5) is 5.95 Å². The highest BCUT2D eigenvalue weighted by Crippen LogP contribution is 2.16. The van der Waals surface area contributed by atoms with E-state index in [2.05, 4.69) is 9.97 Å². The molecule has 0 N–H and O–H groups in total. The number of rotatable bonds is 4. The molecule has 0 saturated carbocycles. The van der Waals surface area contributed by atoms with Crippen molar-refractivity contribution in [2.24, 2.45) is 0 Å². The summed E-state index contributed by atoms with van der Waals surface area (Å²) in [5.74, 6) is 0.0483. The molecule has 0 aliphatic carbocycles. The first-order chi connectivity index (χ1) is 11.6. The van der Waals surface area contributed by atoms with Gasteiger partial charge >= 0.3 is 5.97 Å². The molecule has 0 aromatic carbocycles. The van der Waals surface area contributed by atoms with E-state index >= 15 is 0 Å². The zero-order chi connectivity index (χ0) is 16.9. The van der Waals surface area contributed by atoms with Gasteiger partial charge in [-0.05, 0) is 25.1 Å². The highest BCUT2D eigenvalue weighted by molar-refractivity contribution is 7.13. The van der Waals surface area contributed by atoms with E-state index in [1.54, 1.807) is 29.4 Å². The van der Waals surface area contributed by atoms with Crippen LogP contribution in [0.25, 0.3) is 0 Å². The summed E-state index contributed by atoms with van der Waals surface area (Å²) >= 11 is 1.36. The lowest BCUT2D eigenvalue weighted by Gasteiger charge is -2.34.